The normalized spacial score (nSPS) is 11.5. The number of anilines is 1. The smallest absolute Gasteiger partial charge is 0.246 e. The minimum absolute atomic E-state index is 0.174. The molecule has 0 saturated heterocycles. The third-order valence-electron chi connectivity index (χ3n) is 3.37. The van der Waals surface area contributed by atoms with Gasteiger partial charge in [-0.2, -0.15) is 0 Å². The predicted octanol–water partition coefficient (Wildman–Crippen LogP) is 2.87. The van der Waals surface area contributed by atoms with Gasteiger partial charge in [0.2, 0.25) is 15.9 Å². The van der Waals surface area contributed by atoms with E-state index in [2.05, 4.69) is 4.72 Å². The monoisotopic (exact) mass is 362 g/mol. The van der Waals surface area contributed by atoms with Crippen LogP contribution in [0.2, 0.25) is 0 Å². The average Bonchev–Trinajstić information content (AvgIpc) is 2.54. The summed E-state index contributed by atoms with van der Waals surface area (Å²) in [6.07, 6.45) is 4.08. The molecule has 1 N–H and O–H groups in total. The largest absolute Gasteiger partial charge is 0.338 e. The Kier molecular flexibility index (Phi) is 5.93. The molecule has 2 aromatic carbocycles. The van der Waals surface area contributed by atoms with Crippen molar-refractivity contribution in [3.8, 4) is 0 Å². The van der Waals surface area contributed by atoms with Crippen LogP contribution in [0.15, 0.2) is 54.6 Å². The van der Waals surface area contributed by atoms with Crippen LogP contribution in [0.1, 0.15) is 11.1 Å². The molecule has 0 bridgehead atoms. The summed E-state index contributed by atoms with van der Waals surface area (Å²) < 4.78 is 38.3. The van der Waals surface area contributed by atoms with Crippen molar-refractivity contribution in [2.45, 2.75) is 6.54 Å². The number of likely N-dealkylation sites (N-methyl/N-ethyl adjacent to an activating group) is 1. The van der Waals surface area contributed by atoms with Crippen LogP contribution in [0.5, 0.6) is 0 Å². The number of nitrogens with one attached hydrogen (secondary N) is 1. The fraction of sp³-hybridized carbons (Fsp3) is 0.167. The lowest BCUT2D eigenvalue weighted by Gasteiger charge is -2.15. The Morgan fingerprint density at radius 1 is 1.16 bits per heavy atom. The van der Waals surface area contributed by atoms with Crippen LogP contribution in [0.4, 0.5) is 10.1 Å². The maximum absolute atomic E-state index is 13.6. The number of amides is 1. The summed E-state index contributed by atoms with van der Waals surface area (Å²) in [6, 6.07) is 12.9. The topological polar surface area (TPSA) is 66.5 Å². The zero-order valence-electron chi connectivity index (χ0n) is 13.9. The third-order valence-corrected chi connectivity index (χ3v) is 3.98. The Hall–Kier alpha value is -2.67. The highest BCUT2D eigenvalue weighted by Crippen LogP contribution is 2.13. The van der Waals surface area contributed by atoms with E-state index in [4.69, 9.17) is 0 Å². The van der Waals surface area contributed by atoms with Gasteiger partial charge in [0.15, 0.2) is 0 Å². The Morgan fingerprint density at radius 2 is 1.80 bits per heavy atom. The predicted molar refractivity (Wildman–Crippen MR) is 96.8 cm³/mol. The van der Waals surface area contributed by atoms with E-state index in [1.54, 1.807) is 55.6 Å². The van der Waals surface area contributed by atoms with Gasteiger partial charge >= 0.3 is 0 Å². The van der Waals surface area contributed by atoms with Gasteiger partial charge in [0.1, 0.15) is 5.82 Å². The van der Waals surface area contributed by atoms with Gasteiger partial charge in [-0.1, -0.05) is 30.3 Å². The van der Waals surface area contributed by atoms with Gasteiger partial charge in [0.25, 0.3) is 0 Å². The lowest BCUT2D eigenvalue weighted by Crippen LogP contribution is -2.24. The molecule has 0 spiro atoms. The van der Waals surface area contributed by atoms with Crippen molar-refractivity contribution in [3.05, 3.63) is 71.6 Å². The highest BCUT2D eigenvalue weighted by atomic mass is 32.2. The molecule has 0 radical (unpaired) electrons. The van der Waals surface area contributed by atoms with Gasteiger partial charge < -0.3 is 4.90 Å². The standard InChI is InChI=1S/C18H19FN2O3S/c1-21(13-15-5-3-4-6-17(15)19)18(22)12-9-14-7-10-16(11-8-14)20-25(2,23)24/h3-12,20H,13H2,1-2H3/b12-9+. The van der Waals surface area contributed by atoms with Crippen LogP contribution in [-0.4, -0.2) is 32.5 Å². The number of hydrogen-bond donors (Lipinski definition) is 1. The van der Waals surface area contributed by atoms with Crippen LogP contribution in [0, 0.1) is 5.82 Å². The van der Waals surface area contributed by atoms with Crippen molar-refractivity contribution < 1.29 is 17.6 Å². The molecule has 2 rings (SSSR count). The minimum atomic E-state index is -3.32. The minimum Gasteiger partial charge on any atom is -0.338 e. The maximum Gasteiger partial charge on any atom is 0.246 e. The summed E-state index contributed by atoms with van der Waals surface area (Å²) in [5.74, 6) is -0.610. The molecule has 7 heteroatoms. The fourth-order valence-electron chi connectivity index (χ4n) is 2.13. The van der Waals surface area contributed by atoms with E-state index in [1.807, 2.05) is 0 Å². The average molecular weight is 362 g/mol. The van der Waals surface area contributed by atoms with Crippen molar-refractivity contribution in [3.63, 3.8) is 0 Å². The second kappa shape index (κ2) is 7.94. The van der Waals surface area contributed by atoms with Gasteiger partial charge in [-0.15, -0.1) is 0 Å². The molecule has 0 heterocycles. The van der Waals surface area contributed by atoms with Crippen LogP contribution in [0.3, 0.4) is 0 Å². The second-order valence-corrected chi connectivity index (χ2v) is 7.36. The van der Waals surface area contributed by atoms with Crippen molar-refractivity contribution in [1.29, 1.82) is 0 Å². The lowest BCUT2D eigenvalue weighted by molar-refractivity contribution is -0.125. The second-order valence-electron chi connectivity index (χ2n) is 5.62. The molecule has 5 nitrogen and oxygen atoms in total. The molecular formula is C18H19FN2O3S. The van der Waals surface area contributed by atoms with Gasteiger partial charge in [0, 0.05) is 30.9 Å². The molecule has 132 valence electrons. The van der Waals surface area contributed by atoms with E-state index in [-0.39, 0.29) is 18.3 Å². The summed E-state index contributed by atoms with van der Waals surface area (Å²) in [4.78, 5) is 13.5. The van der Waals surface area contributed by atoms with Crippen LogP contribution in [0.25, 0.3) is 6.08 Å². The first kappa shape index (κ1) is 18.7. The SMILES string of the molecule is CN(Cc1ccccc1F)C(=O)/C=C/c1ccc(NS(C)(=O)=O)cc1. The molecule has 0 atom stereocenters. The van der Waals surface area contributed by atoms with Gasteiger partial charge in [-0.05, 0) is 29.8 Å². The molecule has 0 saturated carbocycles. The molecule has 0 aliphatic heterocycles. The number of carbonyl (C=O) groups is 1. The number of hydrogen-bond acceptors (Lipinski definition) is 3. The van der Waals surface area contributed by atoms with E-state index < -0.39 is 10.0 Å². The van der Waals surface area contributed by atoms with E-state index >= 15 is 0 Å². The van der Waals surface area contributed by atoms with Crippen molar-refractivity contribution in [1.82, 2.24) is 4.90 Å². The fourth-order valence-corrected chi connectivity index (χ4v) is 2.70. The summed E-state index contributed by atoms with van der Waals surface area (Å²) in [6.45, 7) is 0.174. The molecule has 0 fully saturated rings. The molecule has 1 amide bonds. The molecule has 0 aliphatic carbocycles. The molecule has 0 unspecified atom stereocenters. The summed E-state index contributed by atoms with van der Waals surface area (Å²) in [7, 11) is -1.72. The Bertz CT molecular complexity index is 877. The first-order chi connectivity index (χ1) is 11.7. The molecule has 25 heavy (non-hydrogen) atoms. The highest BCUT2D eigenvalue weighted by Gasteiger charge is 2.08. The number of carbonyl (C=O) groups excluding carboxylic acids is 1. The van der Waals surface area contributed by atoms with Crippen molar-refractivity contribution in [2.24, 2.45) is 0 Å². The van der Waals surface area contributed by atoms with E-state index in [0.29, 0.717) is 11.3 Å². The van der Waals surface area contributed by atoms with E-state index in [0.717, 1.165) is 11.8 Å². The van der Waals surface area contributed by atoms with Gasteiger partial charge in [0.05, 0.1) is 6.26 Å². The zero-order valence-corrected chi connectivity index (χ0v) is 14.8. The quantitative estimate of drug-likeness (QED) is 0.804. The van der Waals surface area contributed by atoms with E-state index in [1.165, 1.54) is 17.0 Å². The Balaban J connectivity index is 1.98. The number of sulfonamides is 1. The Labute approximate surface area is 146 Å². The molecule has 2 aromatic rings. The molecule has 0 aliphatic rings. The molecule has 0 aromatic heterocycles. The van der Waals surface area contributed by atoms with Crippen molar-refractivity contribution >= 4 is 27.7 Å². The van der Waals surface area contributed by atoms with E-state index in [9.17, 15) is 17.6 Å². The number of halogens is 1. The maximum atomic E-state index is 13.6. The first-order valence-corrected chi connectivity index (χ1v) is 9.38. The van der Waals surface area contributed by atoms with Crippen LogP contribution in [-0.2, 0) is 21.4 Å². The zero-order chi connectivity index (χ0) is 18.4. The Morgan fingerprint density at radius 3 is 2.40 bits per heavy atom. The number of benzene rings is 2. The van der Waals surface area contributed by atoms with Crippen LogP contribution < -0.4 is 4.72 Å². The lowest BCUT2D eigenvalue weighted by atomic mass is 10.2. The highest BCUT2D eigenvalue weighted by molar-refractivity contribution is 7.92. The number of nitrogens with zero attached hydrogens (tertiary/aromatic N) is 1. The summed E-state index contributed by atoms with van der Waals surface area (Å²) >= 11 is 0. The van der Waals surface area contributed by atoms with Crippen molar-refractivity contribution in [2.75, 3.05) is 18.0 Å². The molecular weight excluding hydrogens is 343 g/mol. The van der Waals surface area contributed by atoms with Gasteiger partial charge in [-0.3, -0.25) is 9.52 Å². The third kappa shape index (κ3) is 6.04. The van der Waals surface area contributed by atoms with Crippen LogP contribution >= 0.6 is 0 Å². The number of rotatable bonds is 6. The summed E-state index contributed by atoms with van der Waals surface area (Å²) in [5, 5.41) is 0. The van der Waals surface area contributed by atoms with Gasteiger partial charge in [-0.25, -0.2) is 12.8 Å². The first-order valence-electron chi connectivity index (χ1n) is 7.49. The summed E-state index contributed by atoms with van der Waals surface area (Å²) in [5.41, 5.74) is 1.64.